The third kappa shape index (κ3) is 17.4. The molecule has 1 atom stereocenters. The normalized spacial score (nSPS) is 12.2. The SMILES string of the molecule is CCCCCCCCCCCCCCCCS(=O)(=O)Nc1ccccc1OCNc1ccc(Oc2ccccc2)c(OCNc2ccc(Cl)c(OCNC(C)c3nnc4cc(C(C)(C)C)[nH]n34)c2)c1. The molecule has 6 aromatic rings. The highest BCUT2D eigenvalue weighted by Gasteiger charge is 2.21. The minimum atomic E-state index is -3.55. The van der Waals surface area contributed by atoms with Crippen LogP contribution in [0.15, 0.2) is 97.1 Å². The van der Waals surface area contributed by atoms with Crippen LogP contribution in [-0.4, -0.2) is 54.2 Å². The van der Waals surface area contributed by atoms with Gasteiger partial charge in [-0.05, 0) is 61.9 Å². The lowest BCUT2D eigenvalue weighted by Crippen LogP contribution is -2.25. The van der Waals surface area contributed by atoms with E-state index in [1.54, 1.807) is 24.3 Å². The van der Waals surface area contributed by atoms with Gasteiger partial charge < -0.3 is 29.6 Å². The van der Waals surface area contributed by atoms with Crippen LogP contribution in [0.25, 0.3) is 5.65 Å². The molecule has 0 aliphatic heterocycles. The predicted molar refractivity (Wildman–Crippen MR) is 280 cm³/mol. The van der Waals surface area contributed by atoms with E-state index in [9.17, 15) is 8.42 Å². The molecule has 0 aliphatic carbocycles. The summed E-state index contributed by atoms with van der Waals surface area (Å²) in [6, 6.07) is 29.3. The summed E-state index contributed by atoms with van der Waals surface area (Å²) >= 11 is 6.55. The maximum atomic E-state index is 13.1. The van der Waals surface area contributed by atoms with Crippen LogP contribution in [0, 0.1) is 0 Å². The molecule has 16 heteroatoms. The van der Waals surface area contributed by atoms with Crippen LogP contribution in [0.3, 0.4) is 0 Å². The highest BCUT2D eigenvalue weighted by molar-refractivity contribution is 7.92. The lowest BCUT2D eigenvalue weighted by molar-refractivity contribution is 0.264. The fourth-order valence-electron chi connectivity index (χ4n) is 7.73. The van der Waals surface area contributed by atoms with Crippen molar-refractivity contribution in [2.45, 2.75) is 136 Å². The smallest absolute Gasteiger partial charge is 0.232 e. The summed E-state index contributed by atoms with van der Waals surface area (Å²) in [5.41, 5.74) is 3.59. The first kappa shape index (κ1) is 52.7. The van der Waals surface area contributed by atoms with Gasteiger partial charge >= 0.3 is 0 Å². The summed E-state index contributed by atoms with van der Waals surface area (Å²) in [4.78, 5) is 0. The molecule has 0 radical (unpaired) electrons. The van der Waals surface area contributed by atoms with Crippen molar-refractivity contribution in [2.24, 2.45) is 0 Å². The van der Waals surface area contributed by atoms with Crippen molar-refractivity contribution in [1.29, 1.82) is 0 Å². The van der Waals surface area contributed by atoms with E-state index in [-0.39, 0.29) is 37.4 Å². The summed E-state index contributed by atoms with van der Waals surface area (Å²) in [6.45, 7) is 11.0. The van der Waals surface area contributed by atoms with Crippen molar-refractivity contribution in [1.82, 2.24) is 25.1 Å². The summed E-state index contributed by atoms with van der Waals surface area (Å²) in [7, 11) is -3.55. The maximum Gasteiger partial charge on any atom is 0.232 e. The van der Waals surface area contributed by atoms with Gasteiger partial charge in [0.2, 0.25) is 10.0 Å². The molecule has 5 N–H and O–H groups in total. The van der Waals surface area contributed by atoms with Gasteiger partial charge in [0.25, 0.3) is 0 Å². The number of para-hydroxylation sites is 3. The monoisotopic (exact) mass is 985 g/mol. The number of anilines is 3. The molecule has 0 fully saturated rings. The molecule has 69 heavy (non-hydrogen) atoms. The predicted octanol–water partition coefficient (Wildman–Crippen LogP) is 13.6. The lowest BCUT2D eigenvalue weighted by Gasteiger charge is -2.17. The molecule has 1 unspecified atom stereocenters. The van der Waals surface area contributed by atoms with Gasteiger partial charge in [0.1, 0.15) is 24.0 Å². The van der Waals surface area contributed by atoms with Crippen LogP contribution in [0.2, 0.25) is 5.02 Å². The van der Waals surface area contributed by atoms with Gasteiger partial charge in [-0.1, -0.05) is 153 Å². The Bertz CT molecular complexity index is 2560. The summed E-state index contributed by atoms with van der Waals surface area (Å²) in [5.74, 6) is 3.34. The summed E-state index contributed by atoms with van der Waals surface area (Å²) < 4.78 is 55.5. The molecule has 4 aromatic carbocycles. The zero-order valence-corrected chi connectivity index (χ0v) is 42.7. The maximum absolute atomic E-state index is 13.1. The Labute approximate surface area is 414 Å². The van der Waals surface area contributed by atoms with Gasteiger partial charge in [-0.25, -0.2) is 12.9 Å². The summed E-state index contributed by atoms with van der Waals surface area (Å²) in [5, 5.41) is 22.5. The van der Waals surface area contributed by atoms with Crippen molar-refractivity contribution in [3.05, 3.63) is 114 Å². The fourth-order valence-corrected chi connectivity index (χ4v) is 9.09. The Morgan fingerprint density at radius 3 is 1.90 bits per heavy atom. The molecular formula is C53H73ClN8O6S. The number of hydrogen-bond acceptors (Lipinski definition) is 11. The molecule has 0 aliphatic rings. The molecule has 0 spiro atoms. The average Bonchev–Trinajstić information content (AvgIpc) is 3.94. The van der Waals surface area contributed by atoms with E-state index >= 15 is 0 Å². The van der Waals surface area contributed by atoms with E-state index in [2.05, 4.69) is 63.7 Å². The van der Waals surface area contributed by atoms with E-state index in [0.29, 0.717) is 51.6 Å². The first-order valence-electron chi connectivity index (χ1n) is 24.7. The number of ether oxygens (including phenoxy) is 4. The standard InChI is InChI=1S/C53H73ClN8O6S/c1-6-7-8-9-10-11-12-13-14-15-16-17-18-24-33-69(63,64)61-45-27-22-23-28-46(45)65-38-56-42-30-32-47(68-43-25-20-19-21-26-43)49(35-42)67-39-57-41-29-31-44(54)48(34-41)66-37-55-40(2)52-59-58-51-36-50(53(3,4)5)60-62(51)52/h19-23,25-32,34-36,40,55-57,60-61H,6-18,24,33,37-39H2,1-5H3. The second-order valence-electron chi connectivity index (χ2n) is 18.6. The van der Waals surface area contributed by atoms with Crippen LogP contribution < -0.4 is 39.6 Å². The van der Waals surface area contributed by atoms with Crippen LogP contribution in [0.5, 0.6) is 28.7 Å². The quantitative estimate of drug-likeness (QED) is 0.0202. The van der Waals surface area contributed by atoms with Crippen molar-refractivity contribution in [3.63, 3.8) is 0 Å². The number of unbranched alkanes of at least 4 members (excludes halogenated alkanes) is 13. The van der Waals surface area contributed by atoms with Gasteiger partial charge in [0.05, 0.1) is 22.5 Å². The molecular weight excluding hydrogens is 912 g/mol. The number of H-pyrrole nitrogens is 1. The number of nitrogens with zero attached hydrogens (tertiary/aromatic N) is 3. The number of fused-ring (bicyclic) bond motifs is 1. The minimum absolute atomic E-state index is 0.0537. The van der Waals surface area contributed by atoms with Crippen LogP contribution in [0.1, 0.15) is 142 Å². The number of rotatable bonds is 32. The van der Waals surface area contributed by atoms with E-state index < -0.39 is 10.0 Å². The highest BCUT2D eigenvalue weighted by Crippen LogP contribution is 2.35. The second kappa shape index (κ2) is 26.9. The first-order valence-corrected chi connectivity index (χ1v) is 26.7. The van der Waals surface area contributed by atoms with Crippen LogP contribution in [0.4, 0.5) is 17.1 Å². The average molecular weight is 986 g/mol. The minimum Gasteiger partial charge on any atom is -0.477 e. The molecule has 2 aromatic heterocycles. The molecule has 0 saturated heterocycles. The molecule has 2 heterocycles. The zero-order chi connectivity index (χ0) is 48.9. The van der Waals surface area contributed by atoms with Gasteiger partial charge in [0, 0.05) is 40.7 Å². The number of hydrogen-bond donors (Lipinski definition) is 5. The summed E-state index contributed by atoms with van der Waals surface area (Å²) in [6.07, 6.45) is 17.0. The van der Waals surface area contributed by atoms with Crippen molar-refractivity contribution in [2.75, 3.05) is 41.3 Å². The topological polar surface area (TPSA) is 165 Å². The van der Waals surface area contributed by atoms with Crippen molar-refractivity contribution < 1.29 is 27.4 Å². The van der Waals surface area contributed by atoms with Crippen LogP contribution >= 0.6 is 11.6 Å². The molecule has 0 amide bonds. The number of benzene rings is 4. The second-order valence-corrected chi connectivity index (χ2v) is 20.8. The van der Waals surface area contributed by atoms with Crippen LogP contribution in [-0.2, 0) is 15.4 Å². The Morgan fingerprint density at radius 2 is 1.23 bits per heavy atom. The number of sulfonamides is 1. The largest absolute Gasteiger partial charge is 0.477 e. The Hall–Kier alpha value is -5.64. The molecule has 6 rings (SSSR count). The Balaban J connectivity index is 0.962. The van der Waals surface area contributed by atoms with Crippen molar-refractivity contribution >= 4 is 44.3 Å². The van der Waals surface area contributed by atoms with Gasteiger partial charge in [-0.2, -0.15) is 0 Å². The van der Waals surface area contributed by atoms with Gasteiger partial charge in [0.15, 0.2) is 36.4 Å². The number of aromatic amines is 1. The van der Waals surface area contributed by atoms with Gasteiger partial charge in [-0.3, -0.25) is 15.1 Å². The number of halogens is 1. The number of nitrogens with one attached hydrogen (secondary N) is 5. The molecule has 14 nitrogen and oxygen atoms in total. The highest BCUT2D eigenvalue weighted by atomic mass is 35.5. The number of aromatic nitrogens is 4. The van der Waals surface area contributed by atoms with Crippen molar-refractivity contribution in [3.8, 4) is 28.7 Å². The zero-order valence-electron chi connectivity index (χ0n) is 41.1. The fraction of sp³-hybridized carbons (Fsp3) is 0.472. The Morgan fingerprint density at radius 1 is 0.652 bits per heavy atom. The van der Waals surface area contributed by atoms with E-state index in [0.717, 1.165) is 42.1 Å². The molecule has 0 saturated carbocycles. The third-order valence-electron chi connectivity index (χ3n) is 11.8. The third-order valence-corrected chi connectivity index (χ3v) is 13.5. The van der Waals surface area contributed by atoms with Gasteiger partial charge in [-0.15, -0.1) is 10.2 Å². The molecule has 374 valence electrons. The van der Waals surface area contributed by atoms with E-state index in [4.69, 9.17) is 30.5 Å². The molecule has 0 bridgehead atoms. The lowest BCUT2D eigenvalue weighted by atomic mass is 9.93. The van der Waals surface area contributed by atoms with E-state index in [1.807, 2.05) is 84.2 Å². The first-order chi connectivity index (χ1) is 33.4. The Kier molecular flexibility index (Phi) is 20.6. The van der Waals surface area contributed by atoms with E-state index in [1.165, 1.54) is 64.2 Å².